The molecule has 0 fully saturated rings. The number of halogens is 2. The minimum atomic E-state index is 0.630. The van der Waals surface area contributed by atoms with E-state index in [1.54, 1.807) is 11.8 Å². The maximum absolute atomic E-state index is 6.10. The minimum Gasteiger partial charge on any atom is -0.463 e. The summed E-state index contributed by atoms with van der Waals surface area (Å²) in [5.41, 5.74) is 0.897. The Morgan fingerprint density at radius 1 is 1.28 bits per heavy atom. The van der Waals surface area contributed by atoms with E-state index in [1.165, 1.54) is 0 Å². The van der Waals surface area contributed by atoms with Crippen molar-refractivity contribution < 1.29 is 4.42 Å². The zero-order valence-electron chi connectivity index (χ0n) is 9.87. The monoisotopic (exact) mass is 345 g/mol. The van der Waals surface area contributed by atoms with Crippen molar-refractivity contribution in [1.82, 2.24) is 0 Å². The van der Waals surface area contributed by atoms with Gasteiger partial charge in [0.05, 0.1) is 23.0 Å². The molecule has 0 radical (unpaired) electrons. The van der Waals surface area contributed by atoms with Crippen LogP contribution in [0.3, 0.4) is 0 Å². The van der Waals surface area contributed by atoms with E-state index in [2.05, 4.69) is 27.5 Å². The predicted molar refractivity (Wildman–Crippen MR) is 82.4 cm³/mol. The lowest BCUT2D eigenvalue weighted by molar-refractivity contribution is 0.487. The summed E-state index contributed by atoms with van der Waals surface area (Å²) in [5, 5.41) is 3.97. The van der Waals surface area contributed by atoms with Crippen LogP contribution in [0.5, 0.6) is 0 Å². The van der Waals surface area contributed by atoms with Gasteiger partial charge in [-0.2, -0.15) is 11.8 Å². The van der Waals surface area contributed by atoms with Gasteiger partial charge in [0.15, 0.2) is 0 Å². The van der Waals surface area contributed by atoms with Gasteiger partial charge in [-0.05, 0) is 36.6 Å². The molecule has 2 nitrogen and oxygen atoms in total. The zero-order chi connectivity index (χ0) is 13.0. The van der Waals surface area contributed by atoms with Crippen molar-refractivity contribution in [1.29, 1.82) is 0 Å². The van der Waals surface area contributed by atoms with Crippen LogP contribution in [0.1, 0.15) is 11.5 Å². The molecule has 96 valence electrons. The quantitative estimate of drug-likeness (QED) is 0.808. The predicted octanol–water partition coefficient (Wildman–Crippen LogP) is 5.17. The van der Waals surface area contributed by atoms with Gasteiger partial charge in [-0.1, -0.05) is 27.5 Å². The number of anilines is 1. The van der Waals surface area contributed by atoms with Crippen LogP contribution < -0.4 is 5.32 Å². The summed E-state index contributed by atoms with van der Waals surface area (Å²) in [6, 6.07) is 9.72. The number of nitrogens with one attached hydrogen (secondary N) is 1. The molecule has 18 heavy (non-hydrogen) atoms. The molecule has 1 aromatic heterocycles. The van der Waals surface area contributed by atoms with Gasteiger partial charge >= 0.3 is 0 Å². The normalized spacial score (nSPS) is 10.6. The standard InChI is InChI=1S/C13H13BrClNOS/c1-18-8-11-4-3-10(17-11)7-16-13-6-9(14)2-5-12(13)15/h2-6,16H,7-8H2,1H3. The Labute approximate surface area is 124 Å². The highest BCUT2D eigenvalue weighted by atomic mass is 79.9. The second kappa shape index (κ2) is 6.55. The Balaban J connectivity index is 1.99. The molecule has 0 bridgehead atoms. The molecular formula is C13H13BrClNOS. The van der Waals surface area contributed by atoms with Crippen molar-refractivity contribution in [2.75, 3.05) is 11.6 Å². The maximum atomic E-state index is 6.10. The first-order chi connectivity index (χ1) is 8.69. The molecule has 0 saturated carbocycles. The minimum absolute atomic E-state index is 0.630. The van der Waals surface area contributed by atoms with Crippen molar-refractivity contribution in [3.8, 4) is 0 Å². The van der Waals surface area contributed by atoms with Gasteiger partial charge in [0.2, 0.25) is 0 Å². The molecule has 0 unspecified atom stereocenters. The van der Waals surface area contributed by atoms with Crippen molar-refractivity contribution in [2.45, 2.75) is 12.3 Å². The summed E-state index contributed by atoms with van der Waals surface area (Å²) in [6.07, 6.45) is 2.06. The molecule has 1 aromatic carbocycles. The number of hydrogen-bond acceptors (Lipinski definition) is 3. The average molecular weight is 347 g/mol. The molecule has 2 rings (SSSR count). The van der Waals surface area contributed by atoms with Gasteiger partial charge in [-0.15, -0.1) is 0 Å². The molecule has 0 saturated heterocycles. The fourth-order valence-corrected chi connectivity index (χ4v) is 2.54. The molecular weight excluding hydrogens is 334 g/mol. The van der Waals surface area contributed by atoms with Crippen LogP contribution in [0, 0.1) is 0 Å². The van der Waals surface area contributed by atoms with Crippen molar-refractivity contribution in [2.24, 2.45) is 0 Å². The van der Waals surface area contributed by atoms with E-state index in [0.29, 0.717) is 11.6 Å². The van der Waals surface area contributed by atoms with Gasteiger partial charge in [0.1, 0.15) is 11.5 Å². The lowest BCUT2D eigenvalue weighted by Gasteiger charge is -2.07. The van der Waals surface area contributed by atoms with Crippen molar-refractivity contribution in [3.05, 3.63) is 51.3 Å². The maximum Gasteiger partial charge on any atom is 0.123 e. The number of hydrogen-bond donors (Lipinski definition) is 1. The topological polar surface area (TPSA) is 25.2 Å². The third kappa shape index (κ3) is 3.70. The summed E-state index contributed by atoms with van der Waals surface area (Å²) >= 11 is 11.3. The Morgan fingerprint density at radius 2 is 2.06 bits per heavy atom. The third-order valence-electron chi connectivity index (χ3n) is 2.39. The van der Waals surface area contributed by atoms with E-state index in [0.717, 1.165) is 27.4 Å². The number of rotatable bonds is 5. The van der Waals surface area contributed by atoms with E-state index >= 15 is 0 Å². The van der Waals surface area contributed by atoms with Gasteiger partial charge in [0.25, 0.3) is 0 Å². The average Bonchev–Trinajstić information content (AvgIpc) is 2.79. The first kappa shape index (κ1) is 13.8. The van der Waals surface area contributed by atoms with E-state index in [-0.39, 0.29) is 0 Å². The largest absolute Gasteiger partial charge is 0.463 e. The molecule has 1 heterocycles. The third-order valence-corrected chi connectivity index (χ3v) is 3.78. The Hall–Kier alpha value is -0.580. The van der Waals surface area contributed by atoms with E-state index < -0.39 is 0 Å². The van der Waals surface area contributed by atoms with Gasteiger partial charge in [-0.3, -0.25) is 0 Å². The highest BCUT2D eigenvalue weighted by molar-refractivity contribution is 9.10. The lowest BCUT2D eigenvalue weighted by atomic mass is 10.3. The smallest absolute Gasteiger partial charge is 0.123 e. The zero-order valence-corrected chi connectivity index (χ0v) is 13.0. The number of furan rings is 1. The summed E-state index contributed by atoms with van der Waals surface area (Å²) in [4.78, 5) is 0. The van der Waals surface area contributed by atoms with Crippen LogP contribution >= 0.6 is 39.3 Å². The molecule has 0 aliphatic heterocycles. The lowest BCUT2D eigenvalue weighted by Crippen LogP contribution is -1.98. The number of benzene rings is 1. The van der Waals surface area contributed by atoms with Crippen LogP contribution in [0.2, 0.25) is 5.02 Å². The second-order valence-corrected chi connectivity index (χ2v) is 5.97. The summed E-state index contributed by atoms with van der Waals surface area (Å²) in [6.45, 7) is 0.630. The van der Waals surface area contributed by atoms with E-state index in [1.807, 2.05) is 30.3 Å². The highest BCUT2D eigenvalue weighted by Gasteiger charge is 2.04. The summed E-state index contributed by atoms with van der Waals surface area (Å²) in [7, 11) is 0. The van der Waals surface area contributed by atoms with E-state index in [4.69, 9.17) is 16.0 Å². The summed E-state index contributed by atoms with van der Waals surface area (Å²) < 4.78 is 6.67. The Morgan fingerprint density at radius 3 is 2.83 bits per heavy atom. The van der Waals surface area contributed by atoms with Gasteiger partial charge in [-0.25, -0.2) is 0 Å². The van der Waals surface area contributed by atoms with Crippen LogP contribution in [0.4, 0.5) is 5.69 Å². The first-order valence-corrected chi connectivity index (χ1v) is 8.01. The highest BCUT2D eigenvalue weighted by Crippen LogP contribution is 2.26. The van der Waals surface area contributed by atoms with Crippen LogP contribution in [0.15, 0.2) is 39.2 Å². The SMILES string of the molecule is CSCc1ccc(CNc2cc(Br)ccc2Cl)o1. The number of thioether (sulfide) groups is 1. The van der Waals surface area contributed by atoms with Crippen LogP contribution in [-0.2, 0) is 12.3 Å². The molecule has 2 aromatic rings. The summed E-state index contributed by atoms with van der Waals surface area (Å²) in [5.74, 6) is 2.81. The fraction of sp³-hybridized carbons (Fsp3) is 0.231. The van der Waals surface area contributed by atoms with Crippen molar-refractivity contribution >= 4 is 45.0 Å². The Bertz CT molecular complexity index is 529. The molecule has 0 aliphatic rings. The van der Waals surface area contributed by atoms with E-state index in [9.17, 15) is 0 Å². The van der Waals surface area contributed by atoms with Crippen molar-refractivity contribution in [3.63, 3.8) is 0 Å². The molecule has 0 spiro atoms. The molecule has 0 amide bonds. The molecule has 5 heteroatoms. The Kier molecular flexibility index (Phi) is 5.03. The molecule has 0 atom stereocenters. The van der Waals surface area contributed by atoms with Crippen LogP contribution in [-0.4, -0.2) is 6.26 Å². The van der Waals surface area contributed by atoms with Gasteiger partial charge in [0, 0.05) is 4.47 Å². The molecule has 0 aliphatic carbocycles. The second-order valence-electron chi connectivity index (χ2n) is 3.78. The molecule has 1 N–H and O–H groups in total. The fourth-order valence-electron chi connectivity index (χ4n) is 1.55. The van der Waals surface area contributed by atoms with Crippen LogP contribution in [0.25, 0.3) is 0 Å². The van der Waals surface area contributed by atoms with Gasteiger partial charge < -0.3 is 9.73 Å². The first-order valence-electron chi connectivity index (χ1n) is 5.44.